The molecule has 1 rings (SSSR count). The average molecular weight is 1070 g/mol. The van der Waals surface area contributed by atoms with Gasteiger partial charge in [0, 0.05) is 0 Å². The van der Waals surface area contributed by atoms with Crippen LogP contribution >= 0.6 is 0 Å². The van der Waals surface area contributed by atoms with E-state index in [4.69, 9.17) is 9.47 Å². The van der Waals surface area contributed by atoms with E-state index in [0.717, 1.165) is 38.5 Å². The zero-order valence-electron chi connectivity index (χ0n) is 48.8. The van der Waals surface area contributed by atoms with E-state index in [1.807, 2.05) is 0 Å². The molecule has 0 spiro atoms. The van der Waals surface area contributed by atoms with Crippen LogP contribution in [0.4, 0.5) is 0 Å². The number of unbranched alkanes of at least 4 members (excludes halogenated alkanes) is 40. The average Bonchev–Trinajstić information content (AvgIpc) is 3.41. The summed E-state index contributed by atoms with van der Waals surface area (Å²) in [5, 5.41) is 75.9. The van der Waals surface area contributed by atoms with Gasteiger partial charge in [0.1, 0.15) is 36.6 Å². The molecule has 1 saturated heterocycles. The lowest BCUT2D eigenvalue weighted by molar-refractivity contribution is -0.303. The molecule has 1 aliphatic heterocycles. The van der Waals surface area contributed by atoms with Gasteiger partial charge in [-0.25, -0.2) is 0 Å². The van der Waals surface area contributed by atoms with Crippen LogP contribution in [0.15, 0.2) is 24.3 Å². The number of amides is 1. The van der Waals surface area contributed by atoms with Crippen molar-refractivity contribution in [1.82, 2.24) is 5.32 Å². The molecule has 0 saturated carbocycles. The maximum Gasteiger partial charge on any atom is 0.249 e. The second-order valence-corrected chi connectivity index (χ2v) is 22.8. The van der Waals surface area contributed by atoms with Crippen molar-refractivity contribution in [2.24, 2.45) is 0 Å². The number of aliphatic hydroxyl groups excluding tert-OH is 7. The van der Waals surface area contributed by atoms with Gasteiger partial charge in [-0.2, -0.15) is 0 Å². The zero-order chi connectivity index (χ0) is 54.7. The van der Waals surface area contributed by atoms with E-state index in [9.17, 15) is 40.5 Å². The molecule has 9 atom stereocenters. The van der Waals surface area contributed by atoms with E-state index < -0.39 is 74.2 Å². The summed E-state index contributed by atoms with van der Waals surface area (Å²) in [7, 11) is 0. The van der Waals surface area contributed by atoms with Crippen LogP contribution in [-0.2, 0) is 14.3 Å². The van der Waals surface area contributed by atoms with Crippen molar-refractivity contribution in [3.8, 4) is 0 Å². The summed E-state index contributed by atoms with van der Waals surface area (Å²) in [6, 6.07) is -1.18. The summed E-state index contributed by atoms with van der Waals surface area (Å²) in [6.07, 6.45) is 54.5. The highest BCUT2D eigenvalue weighted by molar-refractivity contribution is 5.80. The molecular formula is C64H123NO10. The number of carbonyl (C=O) groups is 1. The van der Waals surface area contributed by atoms with Gasteiger partial charge in [-0.1, -0.05) is 269 Å². The smallest absolute Gasteiger partial charge is 0.249 e. The Labute approximate surface area is 461 Å². The maximum atomic E-state index is 13.1. The Bertz CT molecular complexity index is 1270. The van der Waals surface area contributed by atoms with E-state index in [0.29, 0.717) is 12.8 Å². The van der Waals surface area contributed by atoms with Gasteiger partial charge in [0.15, 0.2) is 6.29 Å². The van der Waals surface area contributed by atoms with E-state index in [1.165, 1.54) is 231 Å². The third kappa shape index (κ3) is 41.3. The molecule has 0 aromatic carbocycles. The van der Waals surface area contributed by atoms with Crippen molar-refractivity contribution >= 4 is 5.91 Å². The van der Waals surface area contributed by atoms with Crippen molar-refractivity contribution < 1.29 is 50.0 Å². The third-order valence-corrected chi connectivity index (χ3v) is 15.7. The molecule has 0 aliphatic carbocycles. The number of rotatable bonds is 56. The zero-order valence-corrected chi connectivity index (χ0v) is 48.8. The topological polar surface area (TPSA) is 189 Å². The van der Waals surface area contributed by atoms with Crippen LogP contribution in [0.25, 0.3) is 0 Å². The SMILES string of the molecule is CCCCCCC/C=C/CCCC(O)C(O)C(COC1OC(CO)C(O)C(O)C1O)NC(=O)C(O)CCCCCCCCCCCCCCCCCC/C=C\CCCCCCCCCCCCCCCCCCCC. The number of nitrogens with one attached hydrogen (secondary N) is 1. The highest BCUT2D eigenvalue weighted by Crippen LogP contribution is 2.24. The first kappa shape index (κ1) is 71.6. The molecule has 8 N–H and O–H groups in total. The van der Waals surface area contributed by atoms with Crippen LogP contribution in [0.2, 0.25) is 0 Å². The van der Waals surface area contributed by atoms with Gasteiger partial charge >= 0.3 is 0 Å². The minimum atomic E-state index is -1.67. The lowest BCUT2D eigenvalue weighted by atomic mass is 9.98. The first-order chi connectivity index (χ1) is 36.7. The van der Waals surface area contributed by atoms with Crippen molar-refractivity contribution in [3.63, 3.8) is 0 Å². The molecule has 11 heteroatoms. The number of ether oxygens (including phenoxy) is 2. The molecule has 0 aromatic rings. The Morgan fingerprint density at radius 1 is 0.453 bits per heavy atom. The molecule has 75 heavy (non-hydrogen) atoms. The summed E-state index contributed by atoms with van der Waals surface area (Å²) in [4.78, 5) is 13.1. The Balaban J connectivity index is 2.08. The Morgan fingerprint density at radius 2 is 0.787 bits per heavy atom. The molecule has 11 nitrogen and oxygen atoms in total. The molecule has 0 aromatic heterocycles. The molecule has 0 bridgehead atoms. The van der Waals surface area contributed by atoms with Gasteiger partial charge in [0.25, 0.3) is 0 Å². The van der Waals surface area contributed by atoms with Crippen LogP contribution in [0.1, 0.15) is 309 Å². The summed E-state index contributed by atoms with van der Waals surface area (Å²) in [6.45, 7) is 3.43. The predicted molar refractivity (Wildman–Crippen MR) is 312 cm³/mol. The van der Waals surface area contributed by atoms with Gasteiger partial charge in [-0.3, -0.25) is 4.79 Å². The summed E-state index contributed by atoms with van der Waals surface area (Å²) < 4.78 is 11.1. The van der Waals surface area contributed by atoms with Crippen molar-refractivity contribution in [2.45, 2.75) is 364 Å². The summed E-state index contributed by atoms with van der Waals surface area (Å²) in [5.41, 5.74) is 0. The lowest BCUT2D eigenvalue weighted by Gasteiger charge is -2.40. The van der Waals surface area contributed by atoms with E-state index >= 15 is 0 Å². The molecule has 0 radical (unpaired) electrons. The molecule has 9 unspecified atom stereocenters. The number of hydrogen-bond donors (Lipinski definition) is 8. The van der Waals surface area contributed by atoms with Crippen LogP contribution in [0.5, 0.6) is 0 Å². The van der Waals surface area contributed by atoms with Crippen LogP contribution < -0.4 is 5.32 Å². The predicted octanol–water partition coefficient (Wildman–Crippen LogP) is 14.5. The Morgan fingerprint density at radius 3 is 1.15 bits per heavy atom. The number of carbonyl (C=O) groups excluding carboxylic acids is 1. The van der Waals surface area contributed by atoms with Crippen LogP contribution in [0, 0.1) is 0 Å². The molecule has 444 valence electrons. The first-order valence-electron chi connectivity index (χ1n) is 32.2. The summed E-state index contributed by atoms with van der Waals surface area (Å²) in [5.74, 6) is -0.704. The van der Waals surface area contributed by atoms with Gasteiger partial charge in [0.05, 0.1) is 25.4 Å². The standard InChI is InChI=1S/C64H123NO10/c1-3-5-7-9-11-13-15-16-17-18-19-20-21-22-23-24-25-26-27-28-29-30-31-32-33-34-35-36-37-38-39-40-41-42-44-46-48-50-52-57(68)63(73)65-55(54-74-64-62(72)61(71)60(70)58(53-66)75-64)59(69)56(67)51-49-47-45-43-14-12-10-8-6-4-2/h28-29,43,45,55-62,64,66-72H,3-27,30-42,44,46-54H2,1-2H3,(H,65,73)/b29-28-,45-43+. The second-order valence-electron chi connectivity index (χ2n) is 22.8. The van der Waals surface area contributed by atoms with E-state index in [2.05, 4.69) is 43.5 Å². The van der Waals surface area contributed by atoms with Crippen LogP contribution in [-0.4, -0.2) is 110 Å². The quantitative estimate of drug-likeness (QED) is 0.0215. The van der Waals surface area contributed by atoms with Gasteiger partial charge in [-0.05, 0) is 64.2 Å². The normalized spacial score (nSPS) is 19.8. The lowest BCUT2D eigenvalue weighted by Crippen LogP contribution is -2.60. The maximum absolute atomic E-state index is 13.1. The first-order valence-corrected chi connectivity index (χ1v) is 32.2. The minimum absolute atomic E-state index is 0.257. The number of hydrogen-bond acceptors (Lipinski definition) is 10. The highest BCUT2D eigenvalue weighted by Gasteiger charge is 2.44. The Kier molecular flexibility index (Phi) is 50.8. The highest BCUT2D eigenvalue weighted by atomic mass is 16.7. The van der Waals surface area contributed by atoms with Crippen molar-refractivity contribution in [2.75, 3.05) is 13.2 Å². The van der Waals surface area contributed by atoms with Gasteiger partial charge in [0.2, 0.25) is 5.91 Å². The monoisotopic (exact) mass is 1070 g/mol. The molecule has 1 amide bonds. The second kappa shape index (κ2) is 53.2. The number of aliphatic hydroxyl groups is 7. The number of allylic oxidation sites excluding steroid dienone is 4. The van der Waals surface area contributed by atoms with E-state index in [-0.39, 0.29) is 12.8 Å². The molecule has 1 heterocycles. The van der Waals surface area contributed by atoms with Crippen molar-refractivity contribution in [3.05, 3.63) is 24.3 Å². The largest absolute Gasteiger partial charge is 0.394 e. The van der Waals surface area contributed by atoms with E-state index in [1.54, 1.807) is 0 Å². The summed E-state index contributed by atoms with van der Waals surface area (Å²) >= 11 is 0. The van der Waals surface area contributed by atoms with Crippen LogP contribution in [0.3, 0.4) is 0 Å². The third-order valence-electron chi connectivity index (χ3n) is 15.7. The van der Waals surface area contributed by atoms with Gasteiger partial charge < -0.3 is 50.5 Å². The minimum Gasteiger partial charge on any atom is -0.394 e. The van der Waals surface area contributed by atoms with Gasteiger partial charge in [-0.15, -0.1) is 0 Å². The van der Waals surface area contributed by atoms with Crippen molar-refractivity contribution in [1.29, 1.82) is 0 Å². The Hall–Kier alpha value is -1.41. The fraction of sp³-hybridized carbons (Fsp3) is 0.922. The fourth-order valence-electron chi connectivity index (χ4n) is 10.5. The molecule has 1 fully saturated rings. The molecular weight excluding hydrogens is 943 g/mol. The fourth-order valence-corrected chi connectivity index (χ4v) is 10.5. The molecule has 1 aliphatic rings.